The zero-order chi connectivity index (χ0) is 37.4. The van der Waals surface area contributed by atoms with Gasteiger partial charge in [-0.3, -0.25) is 4.98 Å². The molecular formula is C49H43N5. The molecule has 2 heterocycles. The molecule has 0 aliphatic heterocycles. The summed E-state index contributed by atoms with van der Waals surface area (Å²) in [6.45, 7) is 12.3. The average Bonchev–Trinajstić information content (AvgIpc) is 3.55. The van der Waals surface area contributed by atoms with Crippen LogP contribution in [0.25, 0.3) is 50.5 Å². The second-order valence-corrected chi connectivity index (χ2v) is 12.8. The summed E-state index contributed by atoms with van der Waals surface area (Å²) in [4.78, 5) is 6.86. The molecule has 0 amide bonds. The normalized spacial score (nSPS) is 12.2. The van der Waals surface area contributed by atoms with Crippen molar-refractivity contribution >= 4 is 67.7 Å². The molecule has 0 radical (unpaired) electrons. The molecule has 5 nitrogen and oxygen atoms in total. The van der Waals surface area contributed by atoms with E-state index in [1.807, 2.05) is 79.9 Å². The number of pyridine rings is 1. The Morgan fingerprint density at radius 2 is 1.48 bits per heavy atom. The van der Waals surface area contributed by atoms with Crippen LogP contribution in [0.15, 0.2) is 189 Å². The fourth-order valence-electron chi connectivity index (χ4n) is 6.85. The SMILES string of the molecule is C=C/C=C\C(=C/C)n1c2ccc(N(c3ccc(/C(N)=C/C=C\C)cc3)c3ccc(-c4ccccn4)cc3)cc2c2ccc(Nc3ccccc3)c(C=C)c21. The molecule has 0 bridgehead atoms. The number of aromatic nitrogens is 2. The van der Waals surface area contributed by atoms with Crippen LogP contribution in [-0.4, -0.2) is 9.55 Å². The minimum absolute atomic E-state index is 0.713. The number of nitrogens with zero attached hydrogens (tertiary/aromatic N) is 3. The van der Waals surface area contributed by atoms with Crippen LogP contribution in [0.3, 0.4) is 0 Å². The fourth-order valence-corrected chi connectivity index (χ4v) is 6.85. The number of allylic oxidation sites excluding steroid dienone is 8. The highest BCUT2D eigenvalue weighted by atomic mass is 15.1. The van der Waals surface area contributed by atoms with Crippen molar-refractivity contribution in [1.29, 1.82) is 0 Å². The van der Waals surface area contributed by atoms with Crippen LogP contribution in [-0.2, 0) is 0 Å². The van der Waals surface area contributed by atoms with E-state index >= 15 is 0 Å². The summed E-state index contributed by atoms with van der Waals surface area (Å²) in [5, 5.41) is 5.87. The Bertz CT molecular complexity index is 2550. The van der Waals surface area contributed by atoms with Gasteiger partial charge in [-0.15, -0.1) is 0 Å². The Morgan fingerprint density at radius 3 is 2.15 bits per heavy atom. The first-order chi connectivity index (χ1) is 26.5. The van der Waals surface area contributed by atoms with E-state index in [0.29, 0.717) is 5.70 Å². The van der Waals surface area contributed by atoms with E-state index in [0.717, 1.165) is 78.3 Å². The van der Waals surface area contributed by atoms with Crippen molar-refractivity contribution in [3.63, 3.8) is 0 Å². The predicted molar refractivity (Wildman–Crippen MR) is 233 cm³/mol. The van der Waals surface area contributed by atoms with E-state index in [1.165, 1.54) is 0 Å². The molecule has 7 aromatic rings. The first-order valence-corrected chi connectivity index (χ1v) is 18.1. The number of nitrogens with two attached hydrogens (primary N) is 1. The van der Waals surface area contributed by atoms with E-state index < -0.39 is 0 Å². The Balaban J connectivity index is 1.44. The quantitative estimate of drug-likeness (QED) is 0.125. The van der Waals surface area contributed by atoms with Crippen molar-refractivity contribution in [1.82, 2.24) is 9.55 Å². The smallest absolute Gasteiger partial charge is 0.0701 e. The molecule has 264 valence electrons. The summed E-state index contributed by atoms with van der Waals surface area (Å²) in [6.07, 6.45) is 17.6. The predicted octanol–water partition coefficient (Wildman–Crippen LogP) is 13.2. The van der Waals surface area contributed by atoms with Gasteiger partial charge in [0.25, 0.3) is 0 Å². The molecule has 0 unspecified atom stereocenters. The van der Waals surface area contributed by atoms with Gasteiger partial charge in [-0.1, -0.05) is 104 Å². The molecule has 0 spiro atoms. The first kappa shape index (κ1) is 35.3. The summed E-state index contributed by atoms with van der Waals surface area (Å²) in [5.74, 6) is 0. The number of hydrogen-bond donors (Lipinski definition) is 2. The lowest BCUT2D eigenvalue weighted by Gasteiger charge is -2.26. The minimum atomic E-state index is 0.713. The van der Waals surface area contributed by atoms with E-state index in [4.69, 9.17) is 5.73 Å². The number of anilines is 5. The molecule has 54 heavy (non-hydrogen) atoms. The molecule has 0 saturated heterocycles. The Kier molecular flexibility index (Phi) is 10.5. The molecular weight excluding hydrogens is 659 g/mol. The molecule has 5 aromatic carbocycles. The maximum Gasteiger partial charge on any atom is 0.0701 e. The third-order valence-electron chi connectivity index (χ3n) is 9.44. The summed E-state index contributed by atoms with van der Waals surface area (Å²) >= 11 is 0. The van der Waals surface area contributed by atoms with Gasteiger partial charge in [0.1, 0.15) is 0 Å². The lowest BCUT2D eigenvalue weighted by molar-refractivity contribution is 1.22. The first-order valence-electron chi connectivity index (χ1n) is 18.1. The molecule has 0 fully saturated rings. The van der Waals surface area contributed by atoms with Gasteiger partial charge in [-0.2, -0.15) is 0 Å². The van der Waals surface area contributed by atoms with Gasteiger partial charge in [0, 0.05) is 67.9 Å². The van der Waals surface area contributed by atoms with Gasteiger partial charge < -0.3 is 20.5 Å². The zero-order valence-electron chi connectivity index (χ0n) is 30.7. The summed E-state index contributed by atoms with van der Waals surface area (Å²) in [5.41, 5.74) is 19.3. The number of benzene rings is 5. The van der Waals surface area contributed by atoms with Gasteiger partial charge in [0.05, 0.1) is 16.7 Å². The maximum absolute atomic E-state index is 6.42. The molecule has 5 heteroatoms. The molecule has 0 aliphatic rings. The third-order valence-corrected chi connectivity index (χ3v) is 9.44. The van der Waals surface area contributed by atoms with Crippen molar-refractivity contribution in [2.24, 2.45) is 5.73 Å². The van der Waals surface area contributed by atoms with Crippen LogP contribution < -0.4 is 16.0 Å². The zero-order valence-corrected chi connectivity index (χ0v) is 30.7. The van der Waals surface area contributed by atoms with Crippen LogP contribution >= 0.6 is 0 Å². The standard InChI is InChI=1S/C49H43N5/c1-5-9-18-38(7-3)54-48-32-29-41(34-44(48)43-30-31-47(42(8-4)49(43)54)52-37-16-12-11-13-17-37)53(39-25-21-35(22-26-39)45(50)19-10-6-2)40-27-23-36(24-28-40)46-20-14-15-33-51-46/h5-34,52H,1,4,50H2,2-3H3/b10-6-,18-9-,38-7+,45-19-. The molecule has 7 rings (SSSR count). The van der Waals surface area contributed by atoms with Crippen molar-refractivity contribution in [3.8, 4) is 11.3 Å². The lowest BCUT2D eigenvalue weighted by Crippen LogP contribution is -2.10. The van der Waals surface area contributed by atoms with Crippen molar-refractivity contribution in [3.05, 3.63) is 200 Å². The van der Waals surface area contributed by atoms with E-state index in [9.17, 15) is 0 Å². The average molecular weight is 702 g/mol. The third kappa shape index (κ3) is 7.03. The molecule has 2 aromatic heterocycles. The van der Waals surface area contributed by atoms with Gasteiger partial charge in [0.2, 0.25) is 0 Å². The number of fused-ring (bicyclic) bond motifs is 3. The Hall–Kier alpha value is -7.11. The number of rotatable bonds is 12. The van der Waals surface area contributed by atoms with Gasteiger partial charge >= 0.3 is 0 Å². The summed E-state index contributed by atoms with van der Waals surface area (Å²) < 4.78 is 2.32. The van der Waals surface area contributed by atoms with Crippen LogP contribution in [0.5, 0.6) is 0 Å². The fraction of sp³-hybridized carbons (Fsp3) is 0.0408. The molecule has 3 N–H and O–H groups in total. The Morgan fingerprint density at radius 1 is 0.759 bits per heavy atom. The van der Waals surface area contributed by atoms with Crippen LogP contribution in [0.4, 0.5) is 28.4 Å². The number of nitrogens with one attached hydrogen (secondary N) is 1. The van der Waals surface area contributed by atoms with Crippen molar-refractivity contribution in [2.75, 3.05) is 10.2 Å². The maximum atomic E-state index is 6.42. The summed E-state index contributed by atoms with van der Waals surface area (Å²) in [6, 6.07) is 44.2. The van der Waals surface area contributed by atoms with Crippen LogP contribution in [0.1, 0.15) is 25.0 Å². The highest BCUT2D eigenvalue weighted by Gasteiger charge is 2.20. The van der Waals surface area contributed by atoms with E-state index in [-0.39, 0.29) is 0 Å². The van der Waals surface area contributed by atoms with Crippen molar-refractivity contribution in [2.45, 2.75) is 13.8 Å². The summed E-state index contributed by atoms with van der Waals surface area (Å²) in [7, 11) is 0. The van der Waals surface area contributed by atoms with E-state index in [2.05, 4.69) is 143 Å². The topological polar surface area (TPSA) is 59.1 Å². The number of para-hydroxylation sites is 1. The lowest BCUT2D eigenvalue weighted by atomic mass is 10.0. The number of hydrogen-bond acceptors (Lipinski definition) is 4. The second kappa shape index (κ2) is 16.1. The molecule has 0 aliphatic carbocycles. The van der Waals surface area contributed by atoms with Crippen LogP contribution in [0.2, 0.25) is 0 Å². The van der Waals surface area contributed by atoms with Crippen molar-refractivity contribution < 1.29 is 0 Å². The minimum Gasteiger partial charge on any atom is -0.398 e. The van der Waals surface area contributed by atoms with E-state index in [1.54, 1.807) is 6.08 Å². The van der Waals surface area contributed by atoms with Gasteiger partial charge in [-0.05, 0) is 104 Å². The second-order valence-electron chi connectivity index (χ2n) is 12.8. The molecule has 0 saturated carbocycles. The molecule has 0 atom stereocenters. The monoisotopic (exact) mass is 701 g/mol. The van der Waals surface area contributed by atoms with Gasteiger partial charge in [0.15, 0.2) is 0 Å². The van der Waals surface area contributed by atoms with Gasteiger partial charge in [-0.25, -0.2) is 0 Å². The van der Waals surface area contributed by atoms with Crippen LogP contribution in [0, 0.1) is 0 Å². The highest BCUT2D eigenvalue weighted by Crippen LogP contribution is 2.43. The highest BCUT2D eigenvalue weighted by molar-refractivity contribution is 6.15. The largest absolute Gasteiger partial charge is 0.398 e. The Labute approximate surface area is 317 Å².